The summed E-state index contributed by atoms with van der Waals surface area (Å²) in [6.07, 6.45) is 6.83. The van der Waals surface area contributed by atoms with Crippen LogP contribution in [-0.4, -0.2) is 56.0 Å². The first kappa shape index (κ1) is 21.0. The molecule has 2 rings (SSSR count). The van der Waals surface area contributed by atoms with Gasteiger partial charge in [-0.1, -0.05) is 25.8 Å². The zero-order valence-electron chi connectivity index (χ0n) is 17.0. The van der Waals surface area contributed by atoms with Crippen molar-refractivity contribution in [2.75, 3.05) is 34.3 Å². The van der Waals surface area contributed by atoms with E-state index in [1.54, 1.807) is 18.1 Å². The zero-order valence-corrected chi connectivity index (χ0v) is 17.0. The van der Waals surface area contributed by atoms with Gasteiger partial charge in [0.25, 0.3) is 0 Å². The van der Waals surface area contributed by atoms with Crippen LogP contribution in [-0.2, 0) is 11.3 Å². The Morgan fingerprint density at radius 2 is 2.04 bits per heavy atom. The lowest BCUT2D eigenvalue weighted by molar-refractivity contribution is -0.138. The Morgan fingerprint density at radius 3 is 2.59 bits per heavy atom. The Labute approximate surface area is 162 Å². The lowest BCUT2D eigenvalue weighted by Crippen LogP contribution is -2.49. The fraction of sp³-hybridized carbons (Fsp3) is 0.650. The maximum absolute atomic E-state index is 12.7. The summed E-state index contributed by atoms with van der Waals surface area (Å²) in [7, 11) is 5.40. The summed E-state index contributed by atoms with van der Waals surface area (Å²) in [5, 5.41) is 6.63. The van der Waals surface area contributed by atoms with E-state index in [4.69, 9.17) is 4.74 Å². The average Bonchev–Trinajstić information content (AvgIpc) is 3.16. The third-order valence-corrected chi connectivity index (χ3v) is 4.95. The van der Waals surface area contributed by atoms with Crippen LogP contribution in [0.5, 0.6) is 5.88 Å². The van der Waals surface area contributed by atoms with Gasteiger partial charge in [0.15, 0.2) is 5.96 Å². The number of amides is 1. The maximum Gasteiger partial charge on any atom is 0.230 e. The molecule has 1 aromatic heterocycles. The van der Waals surface area contributed by atoms with Gasteiger partial charge in [-0.05, 0) is 24.8 Å². The number of nitrogens with zero attached hydrogens (tertiary/aromatic N) is 3. The van der Waals surface area contributed by atoms with Crippen molar-refractivity contribution < 1.29 is 9.53 Å². The van der Waals surface area contributed by atoms with E-state index < -0.39 is 0 Å². The van der Waals surface area contributed by atoms with E-state index >= 15 is 0 Å². The predicted octanol–water partition coefficient (Wildman–Crippen LogP) is 2.18. The minimum atomic E-state index is -0.319. The summed E-state index contributed by atoms with van der Waals surface area (Å²) in [6, 6.07) is 3.87. The molecule has 27 heavy (non-hydrogen) atoms. The average molecular weight is 376 g/mol. The molecule has 0 aliphatic heterocycles. The van der Waals surface area contributed by atoms with Gasteiger partial charge in [0, 0.05) is 46.5 Å². The third-order valence-electron chi connectivity index (χ3n) is 4.95. The molecule has 7 heteroatoms. The maximum atomic E-state index is 12.7. The molecule has 0 unspecified atom stereocenters. The Kier molecular flexibility index (Phi) is 7.88. The predicted molar refractivity (Wildman–Crippen MR) is 108 cm³/mol. The zero-order chi connectivity index (χ0) is 19.7. The highest BCUT2D eigenvalue weighted by atomic mass is 16.5. The summed E-state index contributed by atoms with van der Waals surface area (Å²) in [5.41, 5.74) is 0.725. The van der Waals surface area contributed by atoms with Crippen LogP contribution < -0.4 is 15.4 Å². The van der Waals surface area contributed by atoms with Crippen LogP contribution >= 0.6 is 0 Å². The molecule has 1 aliphatic carbocycles. The summed E-state index contributed by atoms with van der Waals surface area (Å²) in [4.78, 5) is 23.0. The van der Waals surface area contributed by atoms with Crippen LogP contribution in [0.4, 0.5) is 0 Å². The van der Waals surface area contributed by atoms with Crippen LogP contribution in [0.3, 0.4) is 0 Å². The number of carbonyl (C=O) groups is 1. The minimum absolute atomic E-state index is 0.204. The van der Waals surface area contributed by atoms with Crippen molar-refractivity contribution in [3.8, 4) is 5.88 Å². The number of pyridine rings is 1. The van der Waals surface area contributed by atoms with Crippen LogP contribution in [0.15, 0.2) is 23.3 Å². The first-order valence-corrected chi connectivity index (χ1v) is 9.75. The molecule has 0 spiro atoms. The number of guanidine groups is 1. The van der Waals surface area contributed by atoms with Gasteiger partial charge in [-0.3, -0.25) is 9.79 Å². The number of aliphatic imine (C=N–C) groups is 1. The molecule has 0 saturated heterocycles. The van der Waals surface area contributed by atoms with Crippen molar-refractivity contribution in [2.24, 2.45) is 10.4 Å². The number of carbonyl (C=O) groups excluding carboxylic acids is 1. The Morgan fingerprint density at radius 1 is 1.30 bits per heavy atom. The quantitative estimate of drug-likeness (QED) is 0.538. The molecule has 2 N–H and O–H groups in total. The van der Waals surface area contributed by atoms with Gasteiger partial charge >= 0.3 is 0 Å². The van der Waals surface area contributed by atoms with Gasteiger partial charge in [0.2, 0.25) is 11.8 Å². The summed E-state index contributed by atoms with van der Waals surface area (Å²) >= 11 is 0. The highest BCUT2D eigenvalue weighted by Crippen LogP contribution is 2.38. The van der Waals surface area contributed by atoms with Gasteiger partial charge in [-0.15, -0.1) is 0 Å². The SMILES string of the molecule is CCCOc1ccc(CNC(=NC)NCC2(C(=O)N(C)C)CCCC2)cn1. The van der Waals surface area contributed by atoms with Crippen molar-refractivity contribution in [2.45, 2.75) is 45.6 Å². The van der Waals surface area contributed by atoms with Crippen LogP contribution in [0.25, 0.3) is 0 Å². The van der Waals surface area contributed by atoms with Gasteiger partial charge in [-0.2, -0.15) is 0 Å². The number of hydrogen-bond donors (Lipinski definition) is 2. The smallest absolute Gasteiger partial charge is 0.230 e. The van der Waals surface area contributed by atoms with Crippen molar-refractivity contribution in [3.05, 3.63) is 23.9 Å². The van der Waals surface area contributed by atoms with Crippen LogP contribution in [0, 0.1) is 5.41 Å². The highest BCUT2D eigenvalue weighted by Gasteiger charge is 2.42. The van der Waals surface area contributed by atoms with Crippen LogP contribution in [0.2, 0.25) is 0 Å². The third kappa shape index (κ3) is 5.84. The van der Waals surface area contributed by atoms with E-state index in [0.717, 1.165) is 37.7 Å². The van der Waals surface area contributed by atoms with E-state index in [2.05, 4.69) is 27.5 Å². The van der Waals surface area contributed by atoms with Crippen molar-refractivity contribution in [1.82, 2.24) is 20.5 Å². The summed E-state index contributed by atoms with van der Waals surface area (Å²) in [5.74, 6) is 1.54. The molecular weight excluding hydrogens is 342 g/mol. The summed E-state index contributed by atoms with van der Waals surface area (Å²) < 4.78 is 5.50. The van der Waals surface area contributed by atoms with E-state index in [-0.39, 0.29) is 11.3 Å². The number of ether oxygens (including phenoxy) is 1. The Balaban J connectivity index is 1.87. The van der Waals surface area contributed by atoms with Gasteiger partial charge in [-0.25, -0.2) is 4.98 Å². The molecule has 0 aromatic carbocycles. The molecule has 1 amide bonds. The van der Waals surface area contributed by atoms with Crippen LogP contribution in [0.1, 0.15) is 44.6 Å². The molecule has 150 valence electrons. The first-order valence-electron chi connectivity index (χ1n) is 9.75. The second kappa shape index (κ2) is 10.1. The monoisotopic (exact) mass is 375 g/mol. The molecule has 1 aromatic rings. The molecule has 0 atom stereocenters. The fourth-order valence-electron chi connectivity index (χ4n) is 3.46. The minimum Gasteiger partial charge on any atom is -0.478 e. The first-order chi connectivity index (χ1) is 13.0. The summed E-state index contributed by atoms with van der Waals surface area (Å²) in [6.45, 7) is 3.95. The largest absolute Gasteiger partial charge is 0.478 e. The lowest BCUT2D eigenvalue weighted by atomic mass is 9.84. The lowest BCUT2D eigenvalue weighted by Gasteiger charge is -2.31. The normalized spacial score (nSPS) is 16.1. The standard InChI is InChI=1S/C20H33N5O2/c1-5-12-27-17-9-8-16(13-22-17)14-23-19(21-2)24-15-20(10-6-7-11-20)18(26)25(3)4/h8-9,13H,5-7,10-12,14-15H2,1-4H3,(H2,21,23,24). The topological polar surface area (TPSA) is 78.8 Å². The van der Waals surface area contributed by atoms with Gasteiger partial charge in [0.1, 0.15) is 0 Å². The molecule has 7 nitrogen and oxygen atoms in total. The molecular formula is C20H33N5O2. The molecule has 1 fully saturated rings. The second-order valence-electron chi connectivity index (χ2n) is 7.32. The molecule has 0 bridgehead atoms. The number of hydrogen-bond acceptors (Lipinski definition) is 4. The van der Waals surface area contributed by atoms with E-state index in [0.29, 0.717) is 31.5 Å². The Bertz CT molecular complexity index is 622. The molecule has 1 aliphatic rings. The fourth-order valence-corrected chi connectivity index (χ4v) is 3.46. The van der Waals surface area contributed by atoms with Crippen molar-refractivity contribution in [3.63, 3.8) is 0 Å². The Hall–Kier alpha value is -2.31. The van der Waals surface area contributed by atoms with E-state index in [1.165, 1.54) is 0 Å². The highest BCUT2D eigenvalue weighted by molar-refractivity contribution is 5.85. The van der Waals surface area contributed by atoms with Gasteiger partial charge in [0.05, 0.1) is 12.0 Å². The second-order valence-corrected chi connectivity index (χ2v) is 7.32. The van der Waals surface area contributed by atoms with E-state index in [1.807, 2.05) is 26.2 Å². The number of aromatic nitrogens is 1. The molecule has 1 saturated carbocycles. The molecule has 1 heterocycles. The van der Waals surface area contributed by atoms with Crippen molar-refractivity contribution in [1.29, 1.82) is 0 Å². The van der Waals surface area contributed by atoms with Gasteiger partial charge < -0.3 is 20.3 Å². The van der Waals surface area contributed by atoms with Crippen molar-refractivity contribution >= 4 is 11.9 Å². The molecule has 0 radical (unpaired) electrons. The number of nitrogens with one attached hydrogen (secondary N) is 2. The van der Waals surface area contributed by atoms with E-state index in [9.17, 15) is 4.79 Å². The number of rotatable bonds is 8.